The predicted octanol–water partition coefficient (Wildman–Crippen LogP) is -6.47. The number of primary amides is 3. The lowest BCUT2D eigenvalue weighted by molar-refractivity contribution is -0.143. The Morgan fingerprint density at radius 2 is 1.06 bits per heavy atom. The number of amides is 17. The number of pyridine rings is 1. The lowest BCUT2D eigenvalue weighted by Crippen LogP contribution is -2.62. The molecule has 52 nitrogen and oxygen atoms in total. The molecule has 3 fully saturated rings. The number of aliphatic carboxylic acids is 4. The lowest BCUT2D eigenvalue weighted by Gasteiger charge is -2.32. The van der Waals surface area contributed by atoms with Gasteiger partial charge < -0.3 is 132 Å². The molecule has 0 bridgehead atoms. The van der Waals surface area contributed by atoms with Crippen molar-refractivity contribution in [1.82, 2.24) is 119 Å². The number of aromatic amines is 3. The molecule has 0 aliphatic carbocycles. The standard InChI is InChI=1S/C93H125F3N26O26S2/c1-4-5-10-61(108-92(147)79(48(2)123)117-88(143)63(106-49(3)124)29-52-37-103-59-17-16-54(95)31-58(52)59)82(137)115-69-45-149-150-46-70(116-87(142)67(36-75(128)129)113-84(139)64(33-56-39-100-47-105-56)110-83(138)62(28-50-12-14-53(94)15-13-50)109-85(140)65(34-72(97)125)111-86(141)66(35-73(98)126)112-89(69)144)90(145)114-68(30-51-38-104-81-57(51)9-8-19-102-81)93(148)122-40-55(96)32-71(122)91(146)107-60(80(99)136)11-6-7-18-101-74(127)41-118-20-22-119(42-76(130)131)24-26-121(44-78(134)135)27-25-120(23-21-118)43-77(132)133/h8-9,12-17,19,31,37-39,47-48,55,60-71,79,103,123H,4-7,10-11,18,20-30,32-36,40-46H2,1-3H3,(H2,97,125)(H2,98,126)(H2,99,136)(H,100,105)(H,101,127)(H,102,104)(H,106,124)(H,107,146)(H,108,147)(H,109,140)(H,110,138)(H,111,141)(H,112,144)(H,113,139)(H,114,145)(H,115,137)(H,116,142)(H,117,143)(H,128,129)(H,130,131)(H,132,133)(H,134,135)/t48-,55-,60-,61+,62+,63+,64+,65+,66+,67+,68+,69+,70+,71+,79+/m1/s1. The van der Waals surface area contributed by atoms with Gasteiger partial charge in [-0.15, -0.1) is 0 Å². The fourth-order valence-electron chi connectivity index (χ4n) is 16.8. The molecule has 17 amide bonds. The number of nitrogens with zero attached hydrogens (tertiary/aromatic N) is 7. The molecule has 6 aromatic rings. The van der Waals surface area contributed by atoms with Crippen LogP contribution in [0.4, 0.5) is 13.2 Å². The molecular formula is C93H125F3N26O26S2. The number of alkyl halides is 1. The smallest absolute Gasteiger partial charge is 0.317 e. The summed E-state index contributed by atoms with van der Waals surface area (Å²) >= 11 is 0. The van der Waals surface area contributed by atoms with Crippen LogP contribution in [-0.4, -0.2) is 393 Å². The number of fused-ring (bicyclic) bond motifs is 2. The van der Waals surface area contributed by atoms with Crippen LogP contribution < -0.4 is 86.3 Å². The number of H-pyrrole nitrogens is 3. The fourth-order valence-corrected chi connectivity index (χ4v) is 19.2. The summed E-state index contributed by atoms with van der Waals surface area (Å²) in [6.45, 7) is 2.52. The third-order valence-corrected chi connectivity index (χ3v) is 27.0. The number of aliphatic hydroxyl groups excluding tert-OH is 1. The van der Waals surface area contributed by atoms with Crippen molar-refractivity contribution in [2.75, 3.05) is 103 Å². The van der Waals surface area contributed by atoms with Gasteiger partial charge in [0.1, 0.15) is 102 Å². The number of carbonyl (C=O) groups is 21. The number of halogens is 3. The van der Waals surface area contributed by atoms with Crippen molar-refractivity contribution in [2.45, 2.75) is 201 Å². The fraction of sp³-hybridized carbons (Fsp3) is 0.516. The highest BCUT2D eigenvalue weighted by atomic mass is 33.1. The van der Waals surface area contributed by atoms with Gasteiger partial charge in [0.15, 0.2) is 0 Å². The molecule has 27 N–H and O–H groups in total. The van der Waals surface area contributed by atoms with E-state index in [1.165, 1.54) is 61.2 Å². The summed E-state index contributed by atoms with van der Waals surface area (Å²) in [7, 11) is 1.15. The van der Waals surface area contributed by atoms with Crippen molar-refractivity contribution in [2.24, 2.45) is 17.2 Å². The molecule has 150 heavy (non-hydrogen) atoms. The first-order valence-electron chi connectivity index (χ1n) is 48.0. The van der Waals surface area contributed by atoms with E-state index in [4.69, 9.17) is 17.2 Å². The molecule has 0 radical (unpaired) electrons. The van der Waals surface area contributed by atoms with Gasteiger partial charge in [-0.25, -0.2) is 23.1 Å². The van der Waals surface area contributed by atoms with Gasteiger partial charge >= 0.3 is 23.9 Å². The minimum absolute atomic E-state index is 0.0242. The van der Waals surface area contributed by atoms with Crippen molar-refractivity contribution in [3.63, 3.8) is 0 Å². The number of likely N-dealkylation sites (tertiary alicyclic amines) is 1. The van der Waals surface area contributed by atoms with Crippen LogP contribution in [0.3, 0.4) is 0 Å². The zero-order chi connectivity index (χ0) is 110. The first kappa shape index (κ1) is 119. The number of carboxylic acids is 4. The second kappa shape index (κ2) is 58.1. The second-order valence-corrected chi connectivity index (χ2v) is 38.9. The molecule has 15 atom stereocenters. The van der Waals surface area contributed by atoms with Crippen LogP contribution in [0.2, 0.25) is 0 Å². The van der Waals surface area contributed by atoms with Gasteiger partial charge in [-0.05, 0) is 91.8 Å². The van der Waals surface area contributed by atoms with Crippen LogP contribution in [0.15, 0.2) is 85.7 Å². The number of carbonyl (C=O) groups excluding carboxylic acids is 17. The van der Waals surface area contributed by atoms with Gasteiger partial charge in [0, 0.05) is 156 Å². The number of aliphatic hydroxyl groups is 1. The first-order chi connectivity index (χ1) is 71.3. The Balaban J connectivity index is 1.03. The van der Waals surface area contributed by atoms with E-state index in [0.717, 1.165) is 37.2 Å². The van der Waals surface area contributed by atoms with Gasteiger partial charge in [0.2, 0.25) is 100 Å². The quantitative estimate of drug-likeness (QED) is 0.0125. The minimum atomic E-state index is -2.29. The molecule has 57 heteroatoms. The molecule has 4 aromatic heterocycles. The van der Waals surface area contributed by atoms with E-state index in [-0.39, 0.29) is 133 Å². The monoisotopic (exact) mass is 2140 g/mol. The van der Waals surface area contributed by atoms with E-state index in [9.17, 15) is 101 Å². The maximum Gasteiger partial charge on any atom is 0.317 e. The third-order valence-electron chi connectivity index (χ3n) is 24.6. The van der Waals surface area contributed by atoms with E-state index in [1.54, 1.807) is 32.6 Å². The molecule has 0 spiro atoms. The van der Waals surface area contributed by atoms with E-state index < -0.39 is 303 Å². The topological polar surface area (TPSA) is 783 Å². The maximum absolute atomic E-state index is 16.4. The number of aromatic nitrogens is 5. The number of hydrogen-bond acceptors (Lipinski definition) is 30. The zero-order valence-electron chi connectivity index (χ0n) is 82.1. The normalized spacial score (nSPS) is 21.0. The number of imidazole rings is 1. The summed E-state index contributed by atoms with van der Waals surface area (Å²) in [5.74, 6) is -28.8. The number of hydrogen-bond donors (Lipinski definition) is 24. The number of benzene rings is 2. The lowest BCUT2D eigenvalue weighted by atomic mass is 10.0. The van der Waals surface area contributed by atoms with Crippen molar-refractivity contribution < 1.29 is 139 Å². The SMILES string of the molecule is CCCC[C@H](NC(=O)[C@@H](NC(=O)[C@H](Cc1c[nH]c2ccc(F)cc12)NC(C)=O)[C@@H](C)O)C(=O)N[C@H]1CSSC[C@@H](C(=O)N[C@@H](Cc2c[nH]c3ncccc23)C(=O)N2C[C@H](F)C[C@H]2C(=O)N[C@H](CCCCNC(=O)CN2CCN(CC(=O)O)CCN(CC(=O)O)CCN(CC(=O)O)CC2)C(N)=O)NC(=O)[C@H](CC(=O)O)NC(=O)[C@H](Cc2cnc[nH]2)NC(=O)[C@H](Cc2ccc(F)cc2)NC(=O)[C@H](CC(N)=O)NC(=O)[C@H](CC(N)=O)NC1=O. The summed E-state index contributed by atoms with van der Waals surface area (Å²) in [6, 6.07) is -14.0. The van der Waals surface area contributed by atoms with Crippen molar-refractivity contribution >= 4 is 168 Å². The number of rotatable bonds is 44. The van der Waals surface area contributed by atoms with Crippen LogP contribution in [0.25, 0.3) is 21.9 Å². The highest BCUT2D eigenvalue weighted by Crippen LogP contribution is 2.29. The number of nitrogens with two attached hydrogens (primary N) is 3. The van der Waals surface area contributed by atoms with E-state index in [2.05, 4.69) is 94.0 Å². The van der Waals surface area contributed by atoms with Crippen LogP contribution in [0.5, 0.6) is 0 Å². The van der Waals surface area contributed by atoms with Crippen LogP contribution in [-0.2, 0) is 126 Å². The van der Waals surface area contributed by atoms with E-state index >= 15 is 38.0 Å². The molecule has 0 saturated carbocycles. The Labute approximate surface area is 863 Å². The molecular weight excluding hydrogens is 2020 g/mol. The molecule has 9 rings (SSSR count). The molecule has 7 heterocycles. The van der Waals surface area contributed by atoms with Gasteiger partial charge in [0.05, 0.1) is 64.4 Å². The first-order valence-corrected chi connectivity index (χ1v) is 50.5. The van der Waals surface area contributed by atoms with E-state index in [1.807, 2.05) is 0 Å². The van der Waals surface area contributed by atoms with Crippen LogP contribution in [0.1, 0.15) is 107 Å². The predicted molar refractivity (Wildman–Crippen MR) is 529 cm³/mol. The van der Waals surface area contributed by atoms with Crippen molar-refractivity contribution in [3.05, 3.63) is 120 Å². The largest absolute Gasteiger partial charge is 0.481 e. The summed E-state index contributed by atoms with van der Waals surface area (Å²) < 4.78 is 45.5. The van der Waals surface area contributed by atoms with Crippen LogP contribution >= 0.6 is 21.6 Å². The highest BCUT2D eigenvalue weighted by molar-refractivity contribution is 8.76. The number of nitrogens with one attached hydrogen (secondary N) is 16. The average molecular weight is 2140 g/mol. The summed E-state index contributed by atoms with van der Waals surface area (Å²) in [5.41, 5.74) is 18.6. The number of unbranched alkanes of at least 4 members (excludes halogenated alkanes) is 2. The van der Waals surface area contributed by atoms with Gasteiger partial charge in [-0.3, -0.25) is 120 Å². The Hall–Kier alpha value is -15.0. The molecule has 3 saturated heterocycles. The molecule has 0 unspecified atom stereocenters. The van der Waals surface area contributed by atoms with Gasteiger partial charge in [-0.1, -0.05) is 53.5 Å². The zero-order valence-corrected chi connectivity index (χ0v) is 83.7. The molecule has 3 aliphatic rings. The summed E-state index contributed by atoms with van der Waals surface area (Å²) in [6.07, 6.45) is -3.39. The summed E-state index contributed by atoms with van der Waals surface area (Å²) in [5, 5.41) is 83.0. The number of carboxylic acid groups (broad SMARTS) is 4. The third kappa shape index (κ3) is 38.0. The molecule has 3 aliphatic heterocycles. The second-order valence-electron chi connectivity index (χ2n) is 36.4. The van der Waals surface area contributed by atoms with Crippen LogP contribution in [0, 0.1) is 11.6 Å². The molecule has 816 valence electrons. The average Bonchev–Trinajstić information content (AvgIpc) is 1.59. The van der Waals surface area contributed by atoms with Gasteiger partial charge in [-0.2, -0.15) is 0 Å². The Kier molecular flexibility index (Phi) is 45.9. The summed E-state index contributed by atoms with van der Waals surface area (Å²) in [4.78, 5) is 319. The molecule has 2 aromatic carbocycles. The van der Waals surface area contributed by atoms with Crippen molar-refractivity contribution in [3.8, 4) is 0 Å². The van der Waals surface area contributed by atoms with Crippen molar-refractivity contribution in [1.29, 1.82) is 0 Å². The Morgan fingerprint density at radius 1 is 0.533 bits per heavy atom. The minimum Gasteiger partial charge on any atom is -0.481 e. The Bertz CT molecular complexity index is 5780. The van der Waals surface area contributed by atoms with Gasteiger partial charge in [0.25, 0.3) is 0 Å². The Morgan fingerprint density at radius 3 is 1.62 bits per heavy atom. The maximum atomic E-state index is 16.4. The highest BCUT2D eigenvalue weighted by Gasteiger charge is 2.46. The van der Waals surface area contributed by atoms with E-state index in [0.29, 0.717) is 49.9 Å².